The van der Waals surface area contributed by atoms with Gasteiger partial charge in [-0.15, -0.1) is 0 Å². The fourth-order valence-corrected chi connectivity index (χ4v) is 5.92. The number of rotatable bonds is 40. The number of esters is 3. The van der Waals surface area contributed by atoms with Crippen molar-refractivity contribution in [2.45, 2.75) is 207 Å². The first-order valence-electron chi connectivity index (χ1n) is 23.1. The Labute approximate surface area is 350 Å². The Kier molecular flexibility index (Phi) is 42.6. The van der Waals surface area contributed by atoms with Crippen LogP contribution in [0.2, 0.25) is 0 Å². The molecule has 0 fully saturated rings. The van der Waals surface area contributed by atoms with Gasteiger partial charge in [0.25, 0.3) is 0 Å². The summed E-state index contributed by atoms with van der Waals surface area (Å²) in [6, 6.07) is 0. The molecule has 57 heavy (non-hydrogen) atoms. The van der Waals surface area contributed by atoms with Gasteiger partial charge in [-0.3, -0.25) is 14.4 Å². The maximum absolute atomic E-state index is 12.7. The third kappa shape index (κ3) is 43.6. The normalized spacial score (nSPS) is 12.8. The summed E-state index contributed by atoms with van der Waals surface area (Å²) in [6.45, 7) is 6.37. The molecular weight excluding hydrogens is 709 g/mol. The lowest BCUT2D eigenvalue weighted by atomic mass is 10.1. The smallest absolute Gasteiger partial charge is 0.306 e. The van der Waals surface area contributed by atoms with Crippen LogP contribution in [0.15, 0.2) is 85.1 Å². The molecule has 0 radical (unpaired) electrons. The van der Waals surface area contributed by atoms with E-state index < -0.39 is 6.10 Å². The highest BCUT2D eigenvalue weighted by atomic mass is 16.6. The minimum atomic E-state index is -0.807. The number of carbonyl (C=O) groups excluding carboxylic acids is 3. The van der Waals surface area contributed by atoms with Crippen LogP contribution in [-0.2, 0) is 28.6 Å². The average molecular weight is 793 g/mol. The number of hydrogen-bond donors (Lipinski definition) is 0. The van der Waals surface area contributed by atoms with Gasteiger partial charge in [0, 0.05) is 19.3 Å². The fraction of sp³-hybridized carbons (Fsp3) is 0.667. The summed E-state index contributed by atoms with van der Waals surface area (Å²) in [7, 11) is 0. The summed E-state index contributed by atoms with van der Waals surface area (Å²) in [5.41, 5.74) is 0. The average Bonchev–Trinajstić information content (AvgIpc) is 3.21. The van der Waals surface area contributed by atoms with Crippen LogP contribution in [0.1, 0.15) is 201 Å². The van der Waals surface area contributed by atoms with Gasteiger partial charge < -0.3 is 14.2 Å². The molecule has 6 heteroatoms. The molecule has 6 nitrogen and oxygen atoms in total. The molecule has 1 atom stereocenters. The number of hydrogen-bond acceptors (Lipinski definition) is 6. The van der Waals surface area contributed by atoms with E-state index in [2.05, 4.69) is 93.7 Å². The van der Waals surface area contributed by atoms with Crippen LogP contribution in [0.25, 0.3) is 0 Å². The molecule has 0 spiro atoms. The van der Waals surface area contributed by atoms with Gasteiger partial charge in [-0.1, -0.05) is 189 Å². The van der Waals surface area contributed by atoms with Gasteiger partial charge in [0.2, 0.25) is 0 Å². The lowest BCUT2D eigenvalue weighted by molar-refractivity contribution is -0.166. The molecule has 0 aliphatic rings. The first-order valence-corrected chi connectivity index (χ1v) is 23.1. The summed E-state index contributed by atoms with van der Waals surface area (Å²) in [5.74, 6) is -1.01. The minimum absolute atomic E-state index is 0.103. The Hall–Kier alpha value is -3.41. The molecule has 0 bridgehead atoms. The highest BCUT2D eigenvalue weighted by molar-refractivity contribution is 5.71. The highest BCUT2D eigenvalue weighted by Gasteiger charge is 2.19. The zero-order chi connectivity index (χ0) is 41.5. The summed E-state index contributed by atoms with van der Waals surface area (Å²) in [6.07, 6.45) is 57.2. The molecule has 0 saturated carbocycles. The van der Waals surface area contributed by atoms with Crippen LogP contribution in [0, 0.1) is 0 Å². The molecule has 0 amide bonds. The van der Waals surface area contributed by atoms with Crippen molar-refractivity contribution in [3.05, 3.63) is 85.1 Å². The van der Waals surface area contributed by atoms with Crippen LogP contribution in [0.4, 0.5) is 0 Å². The van der Waals surface area contributed by atoms with Crippen molar-refractivity contribution in [2.24, 2.45) is 0 Å². The van der Waals surface area contributed by atoms with E-state index in [9.17, 15) is 14.4 Å². The van der Waals surface area contributed by atoms with E-state index >= 15 is 0 Å². The molecule has 0 saturated heterocycles. The van der Waals surface area contributed by atoms with Crippen LogP contribution in [0.3, 0.4) is 0 Å². The Morgan fingerprint density at radius 3 is 1.23 bits per heavy atom. The third-order valence-corrected chi connectivity index (χ3v) is 9.40. The summed E-state index contributed by atoms with van der Waals surface area (Å²) < 4.78 is 16.6. The van der Waals surface area contributed by atoms with Crippen molar-refractivity contribution in [1.29, 1.82) is 0 Å². The van der Waals surface area contributed by atoms with Gasteiger partial charge in [-0.25, -0.2) is 0 Å². The van der Waals surface area contributed by atoms with Gasteiger partial charge in [0.15, 0.2) is 6.10 Å². The van der Waals surface area contributed by atoms with Crippen molar-refractivity contribution >= 4 is 17.9 Å². The first kappa shape index (κ1) is 53.6. The topological polar surface area (TPSA) is 78.9 Å². The maximum atomic E-state index is 12.7. The highest BCUT2D eigenvalue weighted by Crippen LogP contribution is 2.13. The lowest BCUT2D eigenvalue weighted by Gasteiger charge is -2.18. The Morgan fingerprint density at radius 1 is 0.368 bits per heavy atom. The molecule has 0 rings (SSSR count). The fourth-order valence-electron chi connectivity index (χ4n) is 5.92. The molecule has 0 aromatic rings. The molecule has 0 aliphatic heterocycles. The van der Waals surface area contributed by atoms with Crippen molar-refractivity contribution in [3.8, 4) is 0 Å². The SMILES string of the molecule is CC/C=C\C/C=C\C/C=C\C/C=C\C/C=C\C/C=C\CCC(=O)OC[C@@H](COC(=O)CCCCCCCCCCC)OC(=O)CCCCCCC/C=C\CCCC. The predicted molar refractivity (Wildman–Crippen MR) is 242 cm³/mol. The number of ether oxygens (including phenoxy) is 3. The van der Waals surface area contributed by atoms with Gasteiger partial charge in [-0.05, 0) is 77.0 Å². The Balaban J connectivity index is 4.47. The largest absolute Gasteiger partial charge is 0.462 e. The monoisotopic (exact) mass is 793 g/mol. The second-order valence-electron chi connectivity index (χ2n) is 14.9. The third-order valence-electron chi connectivity index (χ3n) is 9.40. The second-order valence-corrected chi connectivity index (χ2v) is 14.9. The molecule has 0 N–H and O–H groups in total. The minimum Gasteiger partial charge on any atom is -0.462 e. The zero-order valence-electron chi connectivity index (χ0n) is 36.8. The lowest BCUT2D eigenvalue weighted by Crippen LogP contribution is -2.30. The molecule has 0 unspecified atom stereocenters. The second kappa shape index (κ2) is 45.3. The quantitative estimate of drug-likeness (QED) is 0.0266. The van der Waals surface area contributed by atoms with Crippen molar-refractivity contribution in [3.63, 3.8) is 0 Å². The van der Waals surface area contributed by atoms with E-state index in [-0.39, 0.29) is 37.5 Å². The molecule has 324 valence electrons. The van der Waals surface area contributed by atoms with Crippen LogP contribution in [-0.4, -0.2) is 37.2 Å². The summed E-state index contributed by atoms with van der Waals surface area (Å²) in [5, 5.41) is 0. The van der Waals surface area contributed by atoms with E-state index in [0.717, 1.165) is 89.9 Å². The molecule has 0 heterocycles. The van der Waals surface area contributed by atoms with E-state index in [1.165, 1.54) is 64.2 Å². The number of unbranched alkanes of at least 4 members (excludes halogenated alkanes) is 15. The van der Waals surface area contributed by atoms with Gasteiger partial charge in [0.05, 0.1) is 0 Å². The number of allylic oxidation sites excluding steroid dienone is 14. The molecule has 0 aromatic heterocycles. The predicted octanol–water partition coefficient (Wildman–Crippen LogP) is 14.9. The maximum Gasteiger partial charge on any atom is 0.306 e. The van der Waals surface area contributed by atoms with Gasteiger partial charge in [-0.2, -0.15) is 0 Å². The summed E-state index contributed by atoms with van der Waals surface area (Å²) >= 11 is 0. The Morgan fingerprint density at radius 2 is 0.737 bits per heavy atom. The van der Waals surface area contributed by atoms with Gasteiger partial charge in [0.1, 0.15) is 13.2 Å². The van der Waals surface area contributed by atoms with E-state index in [1.807, 2.05) is 12.2 Å². The number of carbonyl (C=O) groups is 3. The van der Waals surface area contributed by atoms with Gasteiger partial charge >= 0.3 is 17.9 Å². The van der Waals surface area contributed by atoms with Crippen molar-refractivity contribution in [2.75, 3.05) is 13.2 Å². The van der Waals surface area contributed by atoms with Crippen LogP contribution in [0.5, 0.6) is 0 Å². The van der Waals surface area contributed by atoms with E-state index in [1.54, 1.807) is 0 Å². The Bertz CT molecular complexity index is 1140. The van der Waals surface area contributed by atoms with Crippen LogP contribution < -0.4 is 0 Å². The molecular formula is C51H84O6. The van der Waals surface area contributed by atoms with Crippen LogP contribution >= 0.6 is 0 Å². The van der Waals surface area contributed by atoms with E-state index in [4.69, 9.17) is 14.2 Å². The first-order chi connectivity index (χ1) is 28.0. The zero-order valence-corrected chi connectivity index (χ0v) is 36.8. The standard InChI is InChI=1S/C51H84O6/c1-4-7-10-13-16-19-21-22-23-24-25-26-27-28-30-32-35-38-41-44-50(53)56-47-48(46-55-49(52)43-40-37-34-31-18-15-12-9-6-3)57-51(54)45-42-39-36-33-29-20-17-14-11-8-5-2/h7,10,14,16-17,19,22-23,25-26,28,30,35,38,48H,4-6,8-9,11-13,15,18,20-21,24,27,29,31-34,36-37,39-47H2,1-3H3/b10-7-,17-14-,19-16-,23-22-,26-25-,30-28-,38-35-/t48-/m1/s1. The van der Waals surface area contributed by atoms with E-state index in [0.29, 0.717) is 19.3 Å². The van der Waals surface area contributed by atoms with Crippen molar-refractivity contribution < 1.29 is 28.6 Å². The summed E-state index contributed by atoms with van der Waals surface area (Å²) in [4.78, 5) is 37.6. The molecule has 0 aliphatic carbocycles. The van der Waals surface area contributed by atoms with Crippen molar-refractivity contribution in [1.82, 2.24) is 0 Å². The molecule has 0 aromatic carbocycles.